The molecule has 2 fully saturated rings. The molecule has 4 heteroatoms. The Morgan fingerprint density at radius 2 is 2.33 bits per heavy atom. The minimum absolute atomic E-state index is 0.176. The first-order valence-electron chi connectivity index (χ1n) is 4.32. The van der Waals surface area contributed by atoms with Gasteiger partial charge in [-0.2, -0.15) is 0 Å². The average Bonchev–Trinajstić information content (AvgIpc) is 2.04. The van der Waals surface area contributed by atoms with Gasteiger partial charge in [0.1, 0.15) is 0 Å². The van der Waals surface area contributed by atoms with Crippen LogP contribution >= 0.6 is 0 Å². The molecule has 0 spiro atoms. The number of hydrogen-bond donors (Lipinski definition) is 2. The summed E-state index contributed by atoms with van der Waals surface area (Å²) in [6.45, 7) is 2.36. The van der Waals surface area contributed by atoms with E-state index in [0.717, 1.165) is 19.5 Å². The molecule has 2 aliphatic heterocycles. The summed E-state index contributed by atoms with van der Waals surface area (Å²) >= 11 is 0. The highest BCUT2D eigenvalue weighted by molar-refractivity contribution is 5.72. The fraction of sp³-hybridized carbons (Fsp3) is 0.875. The van der Waals surface area contributed by atoms with Crippen LogP contribution in [0, 0.1) is 11.8 Å². The van der Waals surface area contributed by atoms with Gasteiger partial charge in [0.05, 0.1) is 6.61 Å². The average molecular weight is 171 g/mol. The highest BCUT2D eigenvalue weighted by Crippen LogP contribution is 2.27. The zero-order valence-corrected chi connectivity index (χ0v) is 6.82. The molecule has 2 N–H and O–H groups in total. The van der Waals surface area contributed by atoms with Crippen LogP contribution in [0.15, 0.2) is 0 Å². The lowest BCUT2D eigenvalue weighted by atomic mass is 9.84. The lowest BCUT2D eigenvalue weighted by Crippen LogP contribution is -2.51. The monoisotopic (exact) mass is 171 g/mol. The van der Waals surface area contributed by atoms with Gasteiger partial charge in [0.2, 0.25) is 0 Å². The lowest BCUT2D eigenvalue weighted by Gasteiger charge is -2.38. The maximum absolute atomic E-state index is 10.7. The third kappa shape index (κ3) is 1.32. The molecule has 0 aromatic heterocycles. The second-order valence-corrected chi connectivity index (χ2v) is 3.61. The Hall–Kier alpha value is -0.610. The SMILES string of the molecule is O=C(O)C1OCC2CNCC1C2. The molecule has 2 saturated heterocycles. The Kier molecular flexibility index (Phi) is 2.02. The molecule has 2 bridgehead atoms. The standard InChI is InChI=1S/C8H13NO3/c10-8(11)7-6-1-5(4-12-7)2-9-3-6/h5-7,9H,1-4H2,(H,10,11). The van der Waals surface area contributed by atoms with Crippen molar-refractivity contribution < 1.29 is 14.6 Å². The molecule has 0 saturated carbocycles. The highest BCUT2D eigenvalue weighted by atomic mass is 16.5. The summed E-state index contributed by atoms with van der Waals surface area (Å²) in [7, 11) is 0. The van der Waals surface area contributed by atoms with E-state index in [0.29, 0.717) is 12.5 Å². The van der Waals surface area contributed by atoms with Crippen molar-refractivity contribution >= 4 is 5.97 Å². The Balaban J connectivity index is 2.04. The molecular formula is C8H13NO3. The van der Waals surface area contributed by atoms with E-state index in [1.165, 1.54) is 0 Å². The predicted octanol–water partition coefficient (Wildman–Crippen LogP) is -0.305. The van der Waals surface area contributed by atoms with Gasteiger partial charge in [0.25, 0.3) is 0 Å². The molecule has 68 valence electrons. The topological polar surface area (TPSA) is 58.6 Å². The quantitative estimate of drug-likeness (QED) is 0.568. The summed E-state index contributed by atoms with van der Waals surface area (Å²) in [5.74, 6) is -0.114. The molecule has 0 aromatic rings. The van der Waals surface area contributed by atoms with E-state index < -0.39 is 12.1 Å². The Morgan fingerprint density at radius 1 is 1.50 bits per heavy atom. The van der Waals surface area contributed by atoms with Crippen LogP contribution in [0.4, 0.5) is 0 Å². The van der Waals surface area contributed by atoms with Gasteiger partial charge in [-0.15, -0.1) is 0 Å². The molecule has 3 unspecified atom stereocenters. The van der Waals surface area contributed by atoms with E-state index in [4.69, 9.17) is 9.84 Å². The van der Waals surface area contributed by atoms with Gasteiger partial charge in [0.15, 0.2) is 6.10 Å². The molecule has 2 aliphatic rings. The first-order valence-corrected chi connectivity index (χ1v) is 4.32. The van der Waals surface area contributed by atoms with Gasteiger partial charge in [-0.3, -0.25) is 0 Å². The molecule has 3 atom stereocenters. The van der Waals surface area contributed by atoms with E-state index in [2.05, 4.69) is 5.32 Å². The maximum Gasteiger partial charge on any atom is 0.333 e. The van der Waals surface area contributed by atoms with Crippen molar-refractivity contribution in [3.05, 3.63) is 0 Å². The Bertz CT molecular complexity index is 195. The number of carboxylic acids is 1. The summed E-state index contributed by atoms with van der Waals surface area (Å²) < 4.78 is 5.27. The van der Waals surface area contributed by atoms with Crippen LogP contribution in [0.3, 0.4) is 0 Å². The van der Waals surface area contributed by atoms with Crippen molar-refractivity contribution in [3.8, 4) is 0 Å². The number of piperidine rings is 1. The molecule has 2 rings (SSSR count). The van der Waals surface area contributed by atoms with Crippen molar-refractivity contribution in [2.24, 2.45) is 11.8 Å². The summed E-state index contributed by atoms with van der Waals surface area (Å²) in [6, 6.07) is 0. The largest absolute Gasteiger partial charge is 0.479 e. The number of nitrogens with one attached hydrogen (secondary N) is 1. The van der Waals surface area contributed by atoms with Crippen molar-refractivity contribution in [1.82, 2.24) is 5.32 Å². The second-order valence-electron chi connectivity index (χ2n) is 3.61. The number of carbonyl (C=O) groups is 1. The van der Waals surface area contributed by atoms with Crippen molar-refractivity contribution in [2.75, 3.05) is 19.7 Å². The first-order chi connectivity index (χ1) is 5.77. The third-order valence-electron chi connectivity index (χ3n) is 2.66. The zero-order chi connectivity index (χ0) is 8.55. The number of hydrogen-bond acceptors (Lipinski definition) is 3. The van der Waals surface area contributed by atoms with Crippen molar-refractivity contribution in [1.29, 1.82) is 0 Å². The minimum atomic E-state index is -0.817. The van der Waals surface area contributed by atoms with Crippen LogP contribution < -0.4 is 5.32 Å². The molecule has 0 aromatic carbocycles. The Morgan fingerprint density at radius 3 is 3.08 bits per heavy atom. The van der Waals surface area contributed by atoms with Crippen LogP contribution in [-0.4, -0.2) is 36.9 Å². The maximum atomic E-state index is 10.7. The highest BCUT2D eigenvalue weighted by Gasteiger charge is 2.38. The molecule has 0 radical (unpaired) electrons. The van der Waals surface area contributed by atoms with Crippen LogP contribution in [0.25, 0.3) is 0 Å². The van der Waals surface area contributed by atoms with Crippen LogP contribution in [0.5, 0.6) is 0 Å². The third-order valence-corrected chi connectivity index (χ3v) is 2.66. The van der Waals surface area contributed by atoms with Gasteiger partial charge in [-0.05, 0) is 12.3 Å². The van der Waals surface area contributed by atoms with Gasteiger partial charge in [0, 0.05) is 19.0 Å². The smallest absolute Gasteiger partial charge is 0.333 e. The normalized spacial score (nSPS) is 40.8. The molecule has 4 nitrogen and oxygen atoms in total. The van der Waals surface area contributed by atoms with Gasteiger partial charge in [-0.1, -0.05) is 0 Å². The lowest BCUT2D eigenvalue weighted by molar-refractivity contribution is -0.163. The van der Waals surface area contributed by atoms with Gasteiger partial charge in [-0.25, -0.2) is 4.79 Å². The molecule has 0 amide bonds. The van der Waals surface area contributed by atoms with Gasteiger partial charge < -0.3 is 15.2 Å². The summed E-state index contributed by atoms with van der Waals surface area (Å²) in [5, 5.41) is 12.0. The number of carboxylic acid groups (broad SMARTS) is 1. The van der Waals surface area contributed by atoms with Crippen molar-refractivity contribution in [3.63, 3.8) is 0 Å². The van der Waals surface area contributed by atoms with Crippen LogP contribution in [-0.2, 0) is 9.53 Å². The summed E-state index contributed by atoms with van der Waals surface area (Å²) in [5.41, 5.74) is 0. The van der Waals surface area contributed by atoms with Crippen LogP contribution in [0.1, 0.15) is 6.42 Å². The summed E-state index contributed by atoms with van der Waals surface area (Å²) in [6.07, 6.45) is 0.429. The molecule has 0 aliphatic carbocycles. The molecule has 2 heterocycles. The fourth-order valence-electron chi connectivity index (χ4n) is 2.07. The molecular weight excluding hydrogens is 158 g/mol. The number of aliphatic carboxylic acids is 1. The zero-order valence-electron chi connectivity index (χ0n) is 6.82. The number of ether oxygens (including phenoxy) is 1. The van der Waals surface area contributed by atoms with E-state index >= 15 is 0 Å². The number of fused-ring (bicyclic) bond motifs is 2. The van der Waals surface area contributed by atoms with E-state index in [1.807, 2.05) is 0 Å². The number of rotatable bonds is 1. The van der Waals surface area contributed by atoms with Gasteiger partial charge >= 0.3 is 5.97 Å². The second kappa shape index (κ2) is 3.03. The fourth-order valence-corrected chi connectivity index (χ4v) is 2.07. The predicted molar refractivity (Wildman–Crippen MR) is 41.8 cm³/mol. The first kappa shape index (κ1) is 8.01. The van der Waals surface area contributed by atoms with E-state index in [1.54, 1.807) is 0 Å². The van der Waals surface area contributed by atoms with E-state index in [9.17, 15) is 4.79 Å². The van der Waals surface area contributed by atoms with Crippen LogP contribution in [0.2, 0.25) is 0 Å². The molecule has 12 heavy (non-hydrogen) atoms. The van der Waals surface area contributed by atoms with E-state index in [-0.39, 0.29) is 5.92 Å². The Labute approximate surface area is 70.9 Å². The van der Waals surface area contributed by atoms with Crippen molar-refractivity contribution in [2.45, 2.75) is 12.5 Å². The summed E-state index contributed by atoms with van der Waals surface area (Å²) in [4.78, 5) is 10.7. The minimum Gasteiger partial charge on any atom is -0.479 e.